The van der Waals surface area contributed by atoms with Gasteiger partial charge in [0.05, 0.1) is 5.56 Å². The van der Waals surface area contributed by atoms with E-state index in [0.717, 1.165) is 71.5 Å². The van der Waals surface area contributed by atoms with Gasteiger partial charge in [0.25, 0.3) is 0 Å². The standard InChI is InChI=1S/C31H29F3N4O/c1-18-10-24(12-25(11-18)31(32,33)34)23-7-9-27(36-15-23)38-16-21(17-38)4-8-26-29(37-39-30(26)22-5-6-22)28-19(2)13-35-14-20(28)3/h4,7-15,21-22H,5-6,16-17H2,1-3H3/b8-4+. The lowest BCUT2D eigenvalue weighted by molar-refractivity contribution is -0.137. The summed E-state index contributed by atoms with van der Waals surface area (Å²) in [6, 6.07) is 7.81. The highest BCUT2D eigenvalue weighted by Gasteiger charge is 2.33. The number of benzene rings is 1. The Morgan fingerprint density at radius 1 is 0.949 bits per heavy atom. The van der Waals surface area contributed by atoms with Crippen molar-refractivity contribution in [1.29, 1.82) is 0 Å². The van der Waals surface area contributed by atoms with Crippen molar-refractivity contribution in [2.75, 3.05) is 18.0 Å². The fourth-order valence-corrected chi connectivity index (χ4v) is 5.28. The van der Waals surface area contributed by atoms with E-state index in [2.05, 4.69) is 32.2 Å². The Morgan fingerprint density at radius 2 is 1.69 bits per heavy atom. The quantitative estimate of drug-likeness (QED) is 0.255. The van der Waals surface area contributed by atoms with Crippen LogP contribution in [0.1, 0.15) is 52.3 Å². The number of alkyl halides is 3. The smallest absolute Gasteiger partial charge is 0.360 e. The zero-order valence-corrected chi connectivity index (χ0v) is 22.1. The van der Waals surface area contributed by atoms with Crippen molar-refractivity contribution in [2.45, 2.75) is 45.7 Å². The van der Waals surface area contributed by atoms with E-state index in [1.807, 2.05) is 38.4 Å². The van der Waals surface area contributed by atoms with Crippen molar-refractivity contribution in [3.63, 3.8) is 0 Å². The van der Waals surface area contributed by atoms with Crippen molar-refractivity contribution in [3.8, 4) is 22.4 Å². The van der Waals surface area contributed by atoms with Crippen LogP contribution in [0.5, 0.6) is 0 Å². The van der Waals surface area contributed by atoms with E-state index in [9.17, 15) is 13.2 Å². The highest BCUT2D eigenvalue weighted by molar-refractivity contribution is 5.77. The molecular weight excluding hydrogens is 501 g/mol. The number of nitrogens with zero attached hydrogens (tertiary/aromatic N) is 4. The number of pyridine rings is 2. The molecule has 1 aromatic carbocycles. The number of rotatable bonds is 6. The summed E-state index contributed by atoms with van der Waals surface area (Å²) in [5, 5.41) is 4.47. The number of aryl methyl sites for hydroxylation is 3. The first kappa shape index (κ1) is 25.3. The molecule has 0 amide bonds. The predicted octanol–water partition coefficient (Wildman–Crippen LogP) is 7.77. The number of hydrogen-bond donors (Lipinski definition) is 0. The maximum atomic E-state index is 13.2. The molecule has 6 rings (SSSR count). The third kappa shape index (κ3) is 5.07. The molecule has 1 saturated carbocycles. The maximum Gasteiger partial charge on any atom is 0.416 e. The van der Waals surface area contributed by atoms with E-state index in [-0.39, 0.29) is 0 Å². The Balaban J connectivity index is 1.16. The van der Waals surface area contributed by atoms with Gasteiger partial charge in [-0.25, -0.2) is 4.98 Å². The minimum absolute atomic E-state index is 0.354. The van der Waals surface area contributed by atoms with Crippen molar-refractivity contribution in [3.05, 3.63) is 88.6 Å². The lowest BCUT2D eigenvalue weighted by atomic mass is 9.95. The van der Waals surface area contributed by atoms with Crippen LogP contribution in [0.2, 0.25) is 0 Å². The molecule has 1 saturated heterocycles. The second-order valence-electron chi connectivity index (χ2n) is 10.7. The molecule has 8 heteroatoms. The summed E-state index contributed by atoms with van der Waals surface area (Å²) < 4.78 is 45.6. The van der Waals surface area contributed by atoms with Crippen LogP contribution < -0.4 is 4.90 Å². The van der Waals surface area contributed by atoms with Crippen LogP contribution in [0.4, 0.5) is 19.0 Å². The molecule has 0 atom stereocenters. The predicted molar refractivity (Wildman–Crippen MR) is 145 cm³/mol. The summed E-state index contributed by atoms with van der Waals surface area (Å²) in [5.41, 5.74) is 6.27. The fourth-order valence-electron chi connectivity index (χ4n) is 5.28. The molecule has 5 nitrogen and oxygen atoms in total. The van der Waals surface area contributed by atoms with E-state index < -0.39 is 11.7 Å². The average Bonchev–Trinajstić information content (AvgIpc) is 3.63. The van der Waals surface area contributed by atoms with Crippen LogP contribution in [0.25, 0.3) is 28.5 Å². The summed E-state index contributed by atoms with van der Waals surface area (Å²) in [7, 11) is 0. The van der Waals surface area contributed by atoms with Gasteiger partial charge in [0, 0.05) is 60.2 Å². The Kier molecular flexibility index (Phi) is 6.28. The van der Waals surface area contributed by atoms with Gasteiger partial charge in [-0.1, -0.05) is 23.4 Å². The highest BCUT2D eigenvalue weighted by Crippen LogP contribution is 2.45. The largest absolute Gasteiger partial charge is 0.416 e. The lowest BCUT2D eigenvalue weighted by Crippen LogP contribution is -2.46. The molecule has 3 aromatic heterocycles. The highest BCUT2D eigenvalue weighted by atomic mass is 19.4. The van der Waals surface area contributed by atoms with E-state index >= 15 is 0 Å². The molecule has 1 aliphatic heterocycles. The van der Waals surface area contributed by atoms with Gasteiger partial charge in [0.1, 0.15) is 17.3 Å². The molecule has 2 fully saturated rings. The maximum absolute atomic E-state index is 13.2. The average molecular weight is 531 g/mol. The van der Waals surface area contributed by atoms with Gasteiger partial charge >= 0.3 is 6.18 Å². The van der Waals surface area contributed by atoms with E-state index in [0.29, 0.717) is 28.5 Å². The molecule has 0 spiro atoms. The third-order valence-corrected chi connectivity index (χ3v) is 7.52. The van der Waals surface area contributed by atoms with Crippen LogP contribution in [-0.2, 0) is 6.18 Å². The zero-order chi connectivity index (χ0) is 27.3. The van der Waals surface area contributed by atoms with E-state index in [4.69, 9.17) is 4.52 Å². The normalized spacial score (nSPS) is 16.2. The molecule has 2 aliphatic rings. The summed E-state index contributed by atoms with van der Waals surface area (Å²) in [5.74, 6) is 2.58. The minimum Gasteiger partial charge on any atom is -0.360 e. The number of halogens is 3. The van der Waals surface area contributed by atoms with E-state index in [1.165, 1.54) is 6.07 Å². The molecule has 200 valence electrons. The lowest BCUT2D eigenvalue weighted by Gasteiger charge is -2.38. The minimum atomic E-state index is -4.38. The number of aromatic nitrogens is 3. The van der Waals surface area contributed by atoms with Gasteiger partial charge in [-0.3, -0.25) is 4.98 Å². The van der Waals surface area contributed by atoms with Gasteiger partial charge < -0.3 is 9.42 Å². The first-order valence-electron chi connectivity index (χ1n) is 13.2. The summed E-state index contributed by atoms with van der Waals surface area (Å²) >= 11 is 0. The van der Waals surface area contributed by atoms with Crippen molar-refractivity contribution < 1.29 is 17.7 Å². The van der Waals surface area contributed by atoms with Crippen LogP contribution in [0.3, 0.4) is 0 Å². The van der Waals surface area contributed by atoms with Crippen LogP contribution in [0, 0.1) is 26.7 Å². The van der Waals surface area contributed by atoms with Crippen LogP contribution >= 0.6 is 0 Å². The van der Waals surface area contributed by atoms with Gasteiger partial charge in [-0.05, 0) is 80.1 Å². The van der Waals surface area contributed by atoms with Crippen molar-refractivity contribution >= 4 is 11.9 Å². The third-order valence-electron chi connectivity index (χ3n) is 7.52. The second kappa shape index (κ2) is 9.67. The molecule has 0 unspecified atom stereocenters. The van der Waals surface area contributed by atoms with Crippen LogP contribution in [0.15, 0.2) is 59.5 Å². The monoisotopic (exact) mass is 530 g/mol. The Morgan fingerprint density at radius 3 is 2.33 bits per heavy atom. The van der Waals surface area contributed by atoms with E-state index in [1.54, 1.807) is 19.2 Å². The first-order chi connectivity index (χ1) is 18.7. The molecule has 0 N–H and O–H groups in total. The Bertz CT molecular complexity index is 1530. The number of anilines is 1. The first-order valence-corrected chi connectivity index (χ1v) is 13.2. The molecule has 39 heavy (non-hydrogen) atoms. The molecule has 1 aliphatic carbocycles. The zero-order valence-electron chi connectivity index (χ0n) is 22.1. The fraction of sp³-hybridized carbons (Fsp3) is 0.323. The van der Waals surface area contributed by atoms with Crippen LogP contribution in [-0.4, -0.2) is 28.2 Å². The topological polar surface area (TPSA) is 55.1 Å². The van der Waals surface area contributed by atoms with Crippen molar-refractivity contribution in [2.24, 2.45) is 5.92 Å². The Hall–Kier alpha value is -3.94. The van der Waals surface area contributed by atoms with Gasteiger partial charge in [0.2, 0.25) is 0 Å². The summed E-state index contributed by atoms with van der Waals surface area (Å²) in [4.78, 5) is 11.0. The second-order valence-corrected chi connectivity index (χ2v) is 10.7. The van der Waals surface area contributed by atoms with Gasteiger partial charge in [-0.2, -0.15) is 13.2 Å². The SMILES string of the molecule is Cc1cc(-c2ccc(N3CC(/C=C/c4c(-c5c(C)cncc5C)noc4C4CC4)C3)nc2)cc(C(F)(F)F)c1. The molecule has 0 bridgehead atoms. The molecule has 4 aromatic rings. The Labute approximate surface area is 225 Å². The summed E-state index contributed by atoms with van der Waals surface area (Å²) in [6.07, 6.45) is 7.63. The number of hydrogen-bond acceptors (Lipinski definition) is 5. The molecule has 4 heterocycles. The molecular formula is C31H29F3N4O. The van der Waals surface area contributed by atoms with Gasteiger partial charge in [-0.15, -0.1) is 0 Å². The van der Waals surface area contributed by atoms with Crippen molar-refractivity contribution in [1.82, 2.24) is 15.1 Å². The van der Waals surface area contributed by atoms with Gasteiger partial charge in [0.15, 0.2) is 0 Å². The summed E-state index contributed by atoms with van der Waals surface area (Å²) in [6.45, 7) is 7.40. The molecule has 0 radical (unpaired) electrons.